The van der Waals surface area contributed by atoms with Crippen LogP contribution in [0.25, 0.3) is 0 Å². The van der Waals surface area contributed by atoms with E-state index in [4.69, 9.17) is 5.11 Å². The number of aliphatic hydroxyl groups is 1. The molecule has 0 heterocycles. The van der Waals surface area contributed by atoms with Gasteiger partial charge in [0.15, 0.2) is 0 Å². The minimum absolute atomic E-state index is 0.0445. The second kappa shape index (κ2) is 8.32. The standard InChI is InChI=1S/C18H21NO3/c20-17(15-7-2-1-3-8-15)13-19-11-10-14-6-4-5-9-16(14)12-18(21)22/h1-9,17,19-20H,10-13H2,(H,21,22). The highest BCUT2D eigenvalue weighted by atomic mass is 16.4. The van der Waals surface area contributed by atoms with E-state index in [-0.39, 0.29) is 6.42 Å². The van der Waals surface area contributed by atoms with Crippen molar-refractivity contribution in [2.75, 3.05) is 13.1 Å². The number of carbonyl (C=O) groups is 1. The molecular weight excluding hydrogens is 278 g/mol. The van der Waals surface area contributed by atoms with E-state index < -0.39 is 12.1 Å². The van der Waals surface area contributed by atoms with Gasteiger partial charge in [-0.2, -0.15) is 0 Å². The van der Waals surface area contributed by atoms with Crippen molar-refractivity contribution in [1.82, 2.24) is 5.32 Å². The Morgan fingerprint density at radius 3 is 2.32 bits per heavy atom. The van der Waals surface area contributed by atoms with E-state index in [1.807, 2.05) is 54.6 Å². The maximum atomic E-state index is 10.8. The fourth-order valence-electron chi connectivity index (χ4n) is 2.39. The molecule has 0 aromatic heterocycles. The molecule has 0 spiro atoms. The molecule has 3 N–H and O–H groups in total. The highest BCUT2D eigenvalue weighted by molar-refractivity contribution is 5.70. The lowest BCUT2D eigenvalue weighted by atomic mass is 10.0. The fraction of sp³-hybridized carbons (Fsp3) is 0.278. The lowest BCUT2D eigenvalue weighted by Crippen LogP contribution is -2.24. The molecule has 116 valence electrons. The van der Waals surface area contributed by atoms with Gasteiger partial charge in [0.25, 0.3) is 0 Å². The van der Waals surface area contributed by atoms with E-state index in [0.717, 1.165) is 23.1 Å². The van der Waals surface area contributed by atoms with Crippen LogP contribution < -0.4 is 5.32 Å². The molecule has 22 heavy (non-hydrogen) atoms. The number of hydrogen-bond acceptors (Lipinski definition) is 3. The number of hydrogen-bond donors (Lipinski definition) is 3. The molecule has 0 aliphatic carbocycles. The summed E-state index contributed by atoms with van der Waals surface area (Å²) in [6.45, 7) is 1.17. The summed E-state index contributed by atoms with van der Waals surface area (Å²) in [5, 5.41) is 22.2. The Kier molecular flexibility index (Phi) is 6.13. The van der Waals surface area contributed by atoms with Crippen LogP contribution in [0.15, 0.2) is 54.6 Å². The molecule has 4 heteroatoms. The van der Waals surface area contributed by atoms with Crippen molar-refractivity contribution in [3.63, 3.8) is 0 Å². The number of aliphatic hydroxyl groups excluding tert-OH is 1. The average molecular weight is 299 g/mol. The van der Waals surface area contributed by atoms with E-state index in [0.29, 0.717) is 13.1 Å². The molecule has 0 radical (unpaired) electrons. The van der Waals surface area contributed by atoms with Gasteiger partial charge in [0.1, 0.15) is 0 Å². The van der Waals surface area contributed by atoms with Gasteiger partial charge >= 0.3 is 5.97 Å². The molecule has 0 fully saturated rings. The smallest absolute Gasteiger partial charge is 0.307 e. The molecule has 0 saturated heterocycles. The Labute approximate surface area is 130 Å². The quantitative estimate of drug-likeness (QED) is 0.654. The van der Waals surface area contributed by atoms with Crippen LogP contribution in [0.2, 0.25) is 0 Å². The Morgan fingerprint density at radius 1 is 1.00 bits per heavy atom. The average Bonchev–Trinajstić information content (AvgIpc) is 2.53. The third-order valence-electron chi connectivity index (χ3n) is 3.55. The maximum Gasteiger partial charge on any atom is 0.307 e. The topological polar surface area (TPSA) is 69.6 Å². The summed E-state index contributed by atoms with van der Waals surface area (Å²) in [6, 6.07) is 17.1. The predicted octanol–water partition coefficient (Wildman–Crippen LogP) is 2.18. The van der Waals surface area contributed by atoms with Crippen molar-refractivity contribution < 1.29 is 15.0 Å². The minimum Gasteiger partial charge on any atom is -0.481 e. The molecule has 0 aliphatic rings. The summed E-state index contributed by atoms with van der Waals surface area (Å²) < 4.78 is 0. The minimum atomic E-state index is -0.820. The molecule has 0 amide bonds. The van der Waals surface area contributed by atoms with Crippen molar-refractivity contribution in [2.45, 2.75) is 18.9 Å². The van der Waals surface area contributed by atoms with Gasteiger partial charge in [0, 0.05) is 6.54 Å². The van der Waals surface area contributed by atoms with Crippen molar-refractivity contribution in [3.05, 3.63) is 71.3 Å². The molecular formula is C18H21NO3. The normalized spacial score (nSPS) is 12.0. The van der Waals surface area contributed by atoms with Gasteiger partial charge in [0.05, 0.1) is 12.5 Å². The summed E-state index contributed by atoms with van der Waals surface area (Å²) in [6.07, 6.45) is 0.254. The van der Waals surface area contributed by atoms with E-state index in [1.54, 1.807) is 0 Å². The highest BCUT2D eigenvalue weighted by Gasteiger charge is 2.08. The number of carboxylic acid groups (broad SMARTS) is 1. The van der Waals surface area contributed by atoms with Crippen molar-refractivity contribution in [2.24, 2.45) is 0 Å². The van der Waals surface area contributed by atoms with E-state index >= 15 is 0 Å². The van der Waals surface area contributed by atoms with Gasteiger partial charge in [-0.15, -0.1) is 0 Å². The molecule has 0 saturated carbocycles. The van der Waals surface area contributed by atoms with Crippen LogP contribution in [0.4, 0.5) is 0 Å². The van der Waals surface area contributed by atoms with Crippen LogP contribution in [-0.4, -0.2) is 29.3 Å². The number of rotatable bonds is 8. The first-order chi connectivity index (χ1) is 10.7. The predicted molar refractivity (Wildman–Crippen MR) is 85.8 cm³/mol. The van der Waals surface area contributed by atoms with E-state index in [9.17, 15) is 9.90 Å². The maximum absolute atomic E-state index is 10.8. The molecule has 0 aliphatic heterocycles. The van der Waals surface area contributed by atoms with Gasteiger partial charge in [-0.25, -0.2) is 0 Å². The number of carboxylic acids is 1. The van der Waals surface area contributed by atoms with Gasteiger partial charge < -0.3 is 15.5 Å². The summed E-state index contributed by atoms with van der Waals surface area (Å²) in [5.41, 5.74) is 2.77. The van der Waals surface area contributed by atoms with Crippen LogP contribution in [0.1, 0.15) is 22.8 Å². The zero-order valence-corrected chi connectivity index (χ0v) is 12.4. The summed E-state index contributed by atoms with van der Waals surface area (Å²) in [4.78, 5) is 10.8. The molecule has 2 aromatic rings. The Morgan fingerprint density at radius 2 is 1.64 bits per heavy atom. The zero-order chi connectivity index (χ0) is 15.8. The number of aliphatic carboxylic acids is 1. The zero-order valence-electron chi connectivity index (χ0n) is 12.4. The second-order valence-corrected chi connectivity index (χ2v) is 5.22. The van der Waals surface area contributed by atoms with Crippen LogP contribution >= 0.6 is 0 Å². The van der Waals surface area contributed by atoms with Crippen molar-refractivity contribution in [1.29, 1.82) is 0 Å². The van der Waals surface area contributed by atoms with Gasteiger partial charge in [-0.05, 0) is 29.7 Å². The Bertz CT molecular complexity index is 598. The molecule has 1 unspecified atom stereocenters. The van der Waals surface area contributed by atoms with Crippen LogP contribution in [0, 0.1) is 0 Å². The number of nitrogens with one attached hydrogen (secondary N) is 1. The number of benzene rings is 2. The lowest BCUT2D eigenvalue weighted by molar-refractivity contribution is -0.136. The van der Waals surface area contributed by atoms with Crippen molar-refractivity contribution in [3.8, 4) is 0 Å². The lowest BCUT2D eigenvalue weighted by Gasteiger charge is -2.13. The first kappa shape index (κ1) is 16.2. The summed E-state index contributed by atoms with van der Waals surface area (Å²) in [5.74, 6) is -0.820. The van der Waals surface area contributed by atoms with Crippen LogP contribution in [-0.2, 0) is 17.6 Å². The second-order valence-electron chi connectivity index (χ2n) is 5.22. The first-order valence-corrected chi connectivity index (χ1v) is 7.39. The highest BCUT2D eigenvalue weighted by Crippen LogP contribution is 2.12. The molecule has 4 nitrogen and oxygen atoms in total. The Balaban J connectivity index is 1.81. The third kappa shape index (κ3) is 4.98. The molecule has 0 bridgehead atoms. The van der Waals surface area contributed by atoms with Crippen LogP contribution in [0.3, 0.4) is 0 Å². The molecule has 1 atom stereocenters. The first-order valence-electron chi connectivity index (χ1n) is 7.39. The van der Waals surface area contributed by atoms with E-state index in [1.165, 1.54) is 0 Å². The van der Waals surface area contributed by atoms with Gasteiger partial charge in [0.2, 0.25) is 0 Å². The Hall–Kier alpha value is -2.17. The SMILES string of the molecule is O=C(O)Cc1ccccc1CCNCC(O)c1ccccc1. The molecule has 2 rings (SSSR count). The van der Waals surface area contributed by atoms with E-state index in [2.05, 4.69) is 5.32 Å². The van der Waals surface area contributed by atoms with Gasteiger partial charge in [-0.3, -0.25) is 4.79 Å². The van der Waals surface area contributed by atoms with Crippen LogP contribution in [0.5, 0.6) is 0 Å². The summed E-state index contributed by atoms with van der Waals surface area (Å²) in [7, 11) is 0. The third-order valence-corrected chi connectivity index (χ3v) is 3.55. The molecule has 2 aromatic carbocycles. The summed E-state index contributed by atoms with van der Waals surface area (Å²) >= 11 is 0. The monoisotopic (exact) mass is 299 g/mol. The largest absolute Gasteiger partial charge is 0.481 e. The van der Waals surface area contributed by atoms with Gasteiger partial charge in [-0.1, -0.05) is 54.6 Å². The van der Waals surface area contributed by atoms with Crippen molar-refractivity contribution >= 4 is 5.97 Å². The fourth-order valence-corrected chi connectivity index (χ4v) is 2.39.